The minimum absolute atomic E-state index is 0.0559. The first-order chi connectivity index (χ1) is 14.4. The van der Waals surface area contributed by atoms with Gasteiger partial charge >= 0.3 is 0 Å². The van der Waals surface area contributed by atoms with Crippen LogP contribution in [0, 0.1) is 0 Å². The fourth-order valence-electron chi connectivity index (χ4n) is 3.48. The van der Waals surface area contributed by atoms with Gasteiger partial charge in [-0.15, -0.1) is 0 Å². The van der Waals surface area contributed by atoms with E-state index < -0.39 is 15.8 Å². The van der Waals surface area contributed by atoms with E-state index in [0.29, 0.717) is 43.2 Å². The summed E-state index contributed by atoms with van der Waals surface area (Å²) in [5.74, 6) is -0.370. The zero-order valence-electron chi connectivity index (χ0n) is 16.3. The fraction of sp³-hybridized carbons (Fsp3) is 0.300. The van der Waals surface area contributed by atoms with Crippen LogP contribution in [0.5, 0.6) is 5.88 Å². The Morgan fingerprint density at radius 3 is 2.50 bits per heavy atom. The van der Waals surface area contributed by atoms with Crippen LogP contribution in [-0.2, 0) is 15.8 Å². The number of hydrogen-bond donors (Lipinski definition) is 3. The van der Waals surface area contributed by atoms with Crippen molar-refractivity contribution in [3.8, 4) is 5.88 Å². The Labute approximate surface area is 175 Å². The first kappa shape index (κ1) is 20.3. The van der Waals surface area contributed by atoms with Crippen LogP contribution in [0.1, 0.15) is 18.4 Å². The molecule has 0 radical (unpaired) electrons. The van der Waals surface area contributed by atoms with E-state index in [1.54, 1.807) is 48.8 Å². The maximum atomic E-state index is 13.0. The van der Waals surface area contributed by atoms with Gasteiger partial charge in [0.15, 0.2) is 0 Å². The van der Waals surface area contributed by atoms with E-state index in [2.05, 4.69) is 15.3 Å². The molecule has 4 rings (SSSR count). The van der Waals surface area contributed by atoms with Crippen LogP contribution in [0.4, 0.5) is 0 Å². The number of pyridine rings is 1. The zero-order valence-corrected chi connectivity index (χ0v) is 17.1. The number of nitrogens with two attached hydrogens (primary N) is 2. The molecule has 10 heteroatoms. The van der Waals surface area contributed by atoms with Crippen molar-refractivity contribution in [3.05, 3.63) is 66.5 Å². The van der Waals surface area contributed by atoms with Gasteiger partial charge in [0, 0.05) is 37.1 Å². The number of nitrogens with one attached hydrogen (secondary N) is 1. The summed E-state index contributed by atoms with van der Waals surface area (Å²) in [5, 5.41) is 2.94. The van der Waals surface area contributed by atoms with E-state index in [1.807, 2.05) is 12.1 Å². The molecule has 0 saturated carbocycles. The maximum Gasteiger partial charge on any atom is 0.243 e. The average Bonchev–Trinajstić information content (AvgIpc) is 2.75. The number of amidine groups is 1. The number of ether oxygens (including phenoxy) is 1. The summed E-state index contributed by atoms with van der Waals surface area (Å²) >= 11 is 0. The number of piperidine rings is 1. The minimum Gasteiger partial charge on any atom is -0.474 e. The molecule has 2 aliphatic heterocycles. The van der Waals surface area contributed by atoms with Gasteiger partial charge in [-0.2, -0.15) is 4.31 Å². The van der Waals surface area contributed by atoms with Crippen LogP contribution < -0.4 is 21.5 Å². The van der Waals surface area contributed by atoms with E-state index in [0.717, 1.165) is 0 Å². The third kappa shape index (κ3) is 4.16. The van der Waals surface area contributed by atoms with Gasteiger partial charge in [-0.25, -0.2) is 18.4 Å². The predicted molar refractivity (Wildman–Crippen MR) is 113 cm³/mol. The Morgan fingerprint density at radius 1 is 1.13 bits per heavy atom. The summed E-state index contributed by atoms with van der Waals surface area (Å²) < 4.78 is 33.4. The number of sulfonamides is 1. The van der Waals surface area contributed by atoms with Crippen molar-refractivity contribution < 1.29 is 13.2 Å². The van der Waals surface area contributed by atoms with Gasteiger partial charge in [-0.1, -0.05) is 18.2 Å². The molecule has 30 heavy (non-hydrogen) atoms. The fourth-order valence-corrected chi connectivity index (χ4v) is 4.95. The average molecular weight is 429 g/mol. The highest BCUT2D eigenvalue weighted by atomic mass is 32.2. The van der Waals surface area contributed by atoms with Crippen LogP contribution in [0.15, 0.2) is 70.8 Å². The molecule has 9 nitrogen and oxygen atoms in total. The Kier molecular flexibility index (Phi) is 5.46. The first-order valence-electron chi connectivity index (χ1n) is 9.64. The van der Waals surface area contributed by atoms with Crippen molar-refractivity contribution in [2.75, 3.05) is 13.1 Å². The van der Waals surface area contributed by atoms with Gasteiger partial charge in [0.2, 0.25) is 21.7 Å². The molecule has 0 amide bonds. The SMILES string of the molecule is NC1=NC(N)(c2ccc(S(=O)(=O)N3CCC(Oc4ccccn4)CC3)cc2)NC=C1. The smallest absolute Gasteiger partial charge is 0.243 e. The molecule has 1 atom stereocenters. The second kappa shape index (κ2) is 8.05. The Balaban J connectivity index is 1.42. The standard InChI is InChI=1S/C20H24N6O3S/c21-18-8-12-24-20(22,25-18)15-4-6-17(7-5-15)30(27,28)26-13-9-16(10-14-26)29-19-3-1-2-11-23-19/h1-8,11-12,16,24H,9-10,13-14,22H2,(H2,21,25). The molecule has 1 unspecified atom stereocenters. The second-order valence-electron chi connectivity index (χ2n) is 7.19. The monoisotopic (exact) mass is 428 g/mol. The van der Waals surface area contributed by atoms with E-state index in [9.17, 15) is 8.42 Å². The number of benzene rings is 1. The van der Waals surface area contributed by atoms with Crippen LogP contribution in [0.3, 0.4) is 0 Å². The lowest BCUT2D eigenvalue weighted by Crippen LogP contribution is -2.49. The molecular formula is C20H24N6O3S. The van der Waals surface area contributed by atoms with Crippen LogP contribution >= 0.6 is 0 Å². The number of nitrogens with zero attached hydrogens (tertiary/aromatic N) is 3. The molecule has 2 aliphatic rings. The molecule has 1 aromatic heterocycles. The van der Waals surface area contributed by atoms with Gasteiger partial charge in [0.1, 0.15) is 11.9 Å². The van der Waals surface area contributed by atoms with Crippen molar-refractivity contribution in [1.29, 1.82) is 0 Å². The lowest BCUT2D eigenvalue weighted by molar-refractivity contribution is 0.130. The molecule has 3 heterocycles. The molecule has 158 valence electrons. The van der Waals surface area contributed by atoms with Crippen molar-refractivity contribution >= 4 is 15.9 Å². The summed E-state index contributed by atoms with van der Waals surface area (Å²) in [6.45, 7) is 0.769. The number of aromatic nitrogens is 1. The number of rotatable bonds is 5. The molecule has 0 bridgehead atoms. The van der Waals surface area contributed by atoms with Crippen LogP contribution in [-0.4, -0.2) is 42.7 Å². The largest absolute Gasteiger partial charge is 0.474 e. The van der Waals surface area contributed by atoms with Crippen LogP contribution in [0.2, 0.25) is 0 Å². The summed E-state index contributed by atoms with van der Waals surface area (Å²) in [6, 6.07) is 11.9. The summed E-state index contributed by atoms with van der Waals surface area (Å²) in [6.07, 6.45) is 6.03. The lowest BCUT2D eigenvalue weighted by atomic mass is 10.1. The molecular weight excluding hydrogens is 404 g/mol. The molecule has 0 spiro atoms. The van der Waals surface area contributed by atoms with Gasteiger partial charge < -0.3 is 15.8 Å². The molecule has 1 fully saturated rings. The molecule has 1 saturated heterocycles. The zero-order chi connectivity index (χ0) is 21.2. The lowest BCUT2D eigenvalue weighted by Gasteiger charge is -2.31. The predicted octanol–water partition coefficient (Wildman–Crippen LogP) is 0.857. The molecule has 2 aromatic rings. The summed E-state index contributed by atoms with van der Waals surface area (Å²) in [4.78, 5) is 8.57. The van der Waals surface area contributed by atoms with Gasteiger partial charge in [0.05, 0.1) is 4.90 Å². The molecule has 1 aromatic carbocycles. The van der Waals surface area contributed by atoms with Crippen molar-refractivity contribution in [2.45, 2.75) is 29.6 Å². The normalized spacial score (nSPS) is 22.9. The topological polar surface area (TPSA) is 136 Å². The summed E-state index contributed by atoms with van der Waals surface area (Å²) in [5.41, 5.74) is 12.6. The third-order valence-electron chi connectivity index (χ3n) is 5.12. The molecule has 0 aliphatic carbocycles. The van der Waals surface area contributed by atoms with Crippen LogP contribution in [0.25, 0.3) is 0 Å². The Hall–Kier alpha value is -2.95. The number of hydrogen-bond acceptors (Lipinski definition) is 8. The Morgan fingerprint density at radius 2 is 1.87 bits per heavy atom. The van der Waals surface area contributed by atoms with Gasteiger partial charge in [0.25, 0.3) is 0 Å². The highest BCUT2D eigenvalue weighted by molar-refractivity contribution is 7.89. The quantitative estimate of drug-likeness (QED) is 0.642. The third-order valence-corrected chi connectivity index (χ3v) is 7.03. The van der Waals surface area contributed by atoms with Crippen molar-refractivity contribution in [3.63, 3.8) is 0 Å². The van der Waals surface area contributed by atoms with E-state index in [-0.39, 0.29) is 11.0 Å². The number of aliphatic imine (C=N–C) groups is 1. The van der Waals surface area contributed by atoms with E-state index >= 15 is 0 Å². The highest BCUT2D eigenvalue weighted by Crippen LogP contribution is 2.25. The minimum atomic E-state index is -3.61. The molecule has 5 N–H and O–H groups in total. The maximum absolute atomic E-state index is 13.0. The highest BCUT2D eigenvalue weighted by Gasteiger charge is 2.32. The Bertz CT molecular complexity index is 1050. The van der Waals surface area contributed by atoms with Crippen molar-refractivity contribution in [1.82, 2.24) is 14.6 Å². The van der Waals surface area contributed by atoms with Gasteiger partial charge in [-0.05, 0) is 37.1 Å². The summed E-state index contributed by atoms with van der Waals surface area (Å²) in [7, 11) is -3.61. The van der Waals surface area contributed by atoms with Gasteiger partial charge in [-0.3, -0.25) is 5.73 Å². The first-order valence-corrected chi connectivity index (χ1v) is 11.1. The van der Waals surface area contributed by atoms with E-state index in [4.69, 9.17) is 16.2 Å². The second-order valence-corrected chi connectivity index (χ2v) is 9.13. The van der Waals surface area contributed by atoms with Crippen molar-refractivity contribution in [2.24, 2.45) is 16.5 Å². The van der Waals surface area contributed by atoms with E-state index in [1.165, 1.54) is 4.31 Å².